The molecule has 0 aliphatic carbocycles. The molecule has 16 heavy (non-hydrogen) atoms. The van der Waals surface area contributed by atoms with E-state index >= 15 is 0 Å². The molecule has 0 spiro atoms. The van der Waals surface area contributed by atoms with Crippen molar-refractivity contribution in [1.29, 1.82) is 0 Å². The van der Waals surface area contributed by atoms with E-state index in [-0.39, 0.29) is 5.91 Å². The van der Waals surface area contributed by atoms with Crippen LogP contribution in [0, 0.1) is 0 Å². The van der Waals surface area contributed by atoms with E-state index < -0.39 is 0 Å². The molecule has 1 atom stereocenters. The minimum Gasteiger partial charge on any atom is -0.378 e. The second-order valence-electron chi connectivity index (χ2n) is 3.92. The molecule has 1 aliphatic heterocycles. The van der Waals surface area contributed by atoms with Crippen molar-refractivity contribution in [3.63, 3.8) is 0 Å². The molecule has 1 aliphatic rings. The third-order valence-corrected chi connectivity index (χ3v) is 2.72. The summed E-state index contributed by atoms with van der Waals surface area (Å²) < 4.78 is 5.48. The number of nitrogens with one attached hydrogen (secondary N) is 1. The Bertz CT molecular complexity index is 334. The Morgan fingerprint density at radius 3 is 3.00 bits per heavy atom. The molecular formula is C12H16N2O2. The Labute approximate surface area is 95.0 Å². The molecule has 0 saturated carbocycles. The summed E-state index contributed by atoms with van der Waals surface area (Å²) in [6, 6.07) is 3.42. The van der Waals surface area contributed by atoms with Crippen LogP contribution in [-0.2, 0) is 4.74 Å². The molecule has 1 aromatic heterocycles. The number of amides is 1. The van der Waals surface area contributed by atoms with Gasteiger partial charge in [0.15, 0.2) is 0 Å². The maximum absolute atomic E-state index is 11.6. The molecule has 0 aromatic carbocycles. The van der Waals surface area contributed by atoms with Gasteiger partial charge in [-0.3, -0.25) is 9.78 Å². The molecule has 1 amide bonds. The number of rotatable bonds is 4. The molecule has 1 aromatic rings. The summed E-state index contributed by atoms with van der Waals surface area (Å²) in [5.41, 5.74) is 0.655. The summed E-state index contributed by atoms with van der Waals surface area (Å²) in [6.45, 7) is 1.54. The minimum atomic E-state index is -0.0413. The highest BCUT2D eigenvalue weighted by molar-refractivity contribution is 5.93. The Balaban J connectivity index is 1.71. The molecule has 0 radical (unpaired) electrons. The van der Waals surface area contributed by atoms with Gasteiger partial charge in [0.1, 0.15) is 0 Å². The third kappa shape index (κ3) is 3.03. The van der Waals surface area contributed by atoms with E-state index in [1.807, 2.05) is 0 Å². The standard InChI is InChI=1S/C12H16N2O2/c15-12(10-3-6-13-7-4-10)14-8-5-11-2-1-9-16-11/h3-4,6-7,11H,1-2,5,8-9H2,(H,14,15)/t11-/m1/s1. The molecule has 86 valence electrons. The topological polar surface area (TPSA) is 51.2 Å². The van der Waals surface area contributed by atoms with Crippen LogP contribution in [0.2, 0.25) is 0 Å². The van der Waals surface area contributed by atoms with Gasteiger partial charge in [-0.05, 0) is 31.4 Å². The van der Waals surface area contributed by atoms with Crippen LogP contribution in [-0.4, -0.2) is 30.1 Å². The SMILES string of the molecule is O=C(NCC[C@H]1CCCO1)c1ccncc1. The first-order chi connectivity index (χ1) is 7.86. The first-order valence-corrected chi connectivity index (χ1v) is 5.66. The van der Waals surface area contributed by atoms with E-state index in [4.69, 9.17) is 4.74 Å². The van der Waals surface area contributed by atoms with E-state index in [2.05, 4.69) is 10.3 Å². The second-order valence-corrected chi connectivity index (χ2v) is 3.92. The Kier molecular flexibility index (Phi) is 3.88. The number of carbonyl (C=O) groups is 1. The average Bonchev–Trinajstić information content (AvgIpc) is 2.83. The molecule has 1 N–H and O–H groups in total. The summed E-state index contributed by atoms with van der Waals surface area (Å²) in [5, 5.41) is 2.88. The fourth-order valence-electron chi connectivity index (χ4n) is 1.82. The van der Waals surface area contributed by atoms with Gasteiger partial charge in [0.2, 0.25) is 0 Å². The van der Waals surface area contributed by atoms with Gasteiger partial charge in [-0.25, -0.2) is 0 Å². The van der Waals surface area contributed by atoms with Crippen molar-refractivity contribution in [2.75, 3.05) is 13.2 Å². The van der Waals surface area contributed by atoms with E-state index in [0.29, 0.717) is 18.2 Å². The summed E-state index contributed by atoms with van der Waals surface area (Å²) in [7, 11) is 0. The van der Waals surface area contributed by atoms with Gasteiger partial charge in [-0.15, -0.1) is 0 Å². The predicted molar refractivity (Wildman–Crippen MR) is 60.2 cm³/mol. The number of carbonyl (C=O) groups excluding carboxylic acids is 1. The van der Waals surface area contributed by atoms with Crippen molar-refractivity contribution < 1.29 is 9.53 Å². The highest BCUT2D eigenvalue weighted by atomic mass is 16.5. The van der Waals surface area contributed by atoms with Crippen LogP contribution in [0.3, 0.4) is 0 Å². The maximum atomic E-state index is 11.6. The molecule has 2 heterocycles. The van der Waals surface area contributed by atoms with Crippen LogP contribution < -0.4 is 5.32 Å². The van der Waals surface area contributed by atoms with E-state index in [0.717, 1.165) is 25.9 Å². The van der Waals surface area contributed by atoms with Crippen LogP contribution in [0.25, 0.3) is 0 Å². The lowest BCUT2D eigenvalue weighted by Crippen LogP contribution is -2.26. The Morgan fingerprint density at radius 1 is 1.50 bits per heavy atom. The monoisotopic (exact) mass is 220 g/mol. The highest BCUT2D eigenvalue weighted by Crippen LogP contribution is 2.14. The van der Waals surface area contributed by atoms with Gasteiger partial charge < -0.3 is 10.1 Å². The summed E-state index contributed by atoms with van der Waals surface area (Å²) in [5.74, 6) is -0.0413. The lowest BCUT2D eigenvalue weighted by molar-refractivity contribution is 0.0907. The van der Waals surface area contributed by atoms with Gasteiger partial charge in [-0.2, -0.15) is 0 Å². The third-order valence-electron chi connectivity index (χ3n) is 2.72. The number of nitrogens with zero attached hydrogens (tertiary/aromatic N) is 1. The van der Waals surface area contributed by atoms with Crippen LogP contribution in [0.5, 0.6) is 0 Å². The van der Waals surface area contributed by atoms with Crippen molar-refractivity contribution in [3.8, 4) is 0 Å². The Morgan fingerprint density at radius 2 is 2.31 bits per heavy atom. The van der Waals surface area contributed by atoms with Gasteiger partial charge in [0, 0.05) is 31.1 Å². The van der Waals surface area contributed by atoms with Crippen molar-refractivity contribution in [2.24, 2.45) is 0 Å². The number of pyridine rings is 1. The number of hydrogen-bond donors (Lipinski definition) is 1. The fraction of sp³-hybridized carbons (Fsp3) is 0.500. The lowest BCUT2D eigenvalue weighted by Gasteiger charge is -2.09. The zero-order valence-corrected chi connectivity index (χ0v) is 9.19. The van der Waals surface area contributed by atoms with E-state index in [9.17, 15) is 4.79 Å². The van der Waals surface area contributed by atoms with E-state index in [1.54, 1.807) is 24.5 Å². The zero-order valence-electron chi connectivity index (χ0n) is 9.19. The van der Waals surface area contributed by atoms with Gasteiger partial charge in [-0.1, -0.05) is 0 Å². The summed E-state index contributed by atoms with van der Waals surface area (Å²) in [6.07, 6.45) is 6.73. The van der Waals surface area contributed by atoms with Crippen molar-refractivity contribution >= 4 is 5.91 Å². The zero-order chi connectivity index (χ0) is 11.2. The molecule has 4 nitrogen and oxygen atoms in total. The second kappa shape index (κ2) is 5.61. The van der Waals surface area contributed by atoms with Crippen LogP contribution in [0.4, 0.5) is 0 Å². The average molecular weight is 220 g/mol. The predicted octanol–water partition coefficient (Wildman–Crippen LogP) is 1.38. The van der Waals surface area contributed by atoms with Crippen molar-refractivity contribution in [1.82, 2.24) is 10.3 Å². The number of hydrogen-bond acceptors (Lipinski definition) is 3. The minimum absolute atomic E-state index is 0.0413. The summed E-state index contributed by atoms with van der Waals surface area (Å²) >= 11 is 0. The fourth-order valence-corrected chi connectivity index (χ4v) is 1.82. The van der Waals surface area contributed by atoms with Crippen molar-refractivity contribution in [3.05, 3.63) is 30.1 Å². The molecule has 1 saturated heterocycles. The first kappa shape index (κ1) is 11.1. The number of aromatic nitrogens is 1. The van der Waals surface area contributed by atoms with E-state index in [1.165, 1.54) is 0 Å². The molecule has 4 heteroatoms. The normalized spacial score (nSPS) is 19.6. The van der Waals surface area contributed by atoms with Gasteiger partial charge in [0.05, 0.1) is 6.10 Å². The smallest absolute Gasteiger partial charge is 0.251 e. The van der Waals surface area contributed by atoms with Gasteiger partial charge in [0.25, 0.3) is 5.91 Å². The molecule has 0 bridgehead atoms. The Hall–Kier alpha value is -1.42. The molecule has 1 fully saturated rings. The highest BCUT2D eigenvalue weighted by Gasteiger charge is 2.15. The lowest BCUT2D eigenvalue weighted by atomic mass is 10.2. The van der Waals surface area contributed by atoms with Crippen LogP contribution >= 0.6 is 0 Å². The molecular weight excluding hydrogens is 204 g/mol. The number of ether oxygens (including phenoxy) is 1. The molecule has 0 unspecified atom stereocenters. The quantitative estimate of drug-likeness (QED) is 0.834. The first-order valence-electron chi connectivity index (χ1n) is 5.66. The molecule has 2 rings (SSSR count). The summed E-state index contributed by atoms with van der Waals surface area (Å²) in [4.78, 5) is 15.5. The van der Waals surface area contributed by atoms with Gasteiger partial charge >= 0.3 is 0 Å². The van der Waals surface area contributed by atoms with Crippen molar-refractivity contribution in [2.45, 2.75) is 25.4 Å². The van der Waals surface area contributed by atoms with Crippen LogP contribution in [0.15, 0.2) is 24.5 Å². The maximum Gasteiger partial charge on any atom is 0.251 e. The van der Waals surface area contributed by atoms with Crippen LogP contribution in [0.1, 0.15) is 29.6 Å². The largest absolute Gasteiger partial charge is 0.378 e.